The van der Waals surface area contributed by atoms with Crippen LogP contribution in [0.4, 0.5) is 5.69 Å². The number of anilines is 1. The number of nitrogens with one attached hydrogen (secondary N) is 1. The Labute approximate surface area is 76.7 Å². The van der Waals surface area contributed by atoms with Gasteiger partial charge in [0.2, 0.25) is 6.41 Å². The van der Waals surface area contributed by atoms with Crippen LogP contribution in [0.25, 0.3) is 0 Å². The largest absolute Gasteiger partial charge is 0.492 e. The van der Waals surface area contributed by atoms with Gasteiger partial charge in [-0.15, -0.1) is 0 Å². The second-order valence-corrected chi connectivity index (χ2v) is 2.42. The van der Waals surface area contributed by atoms with Gasteiger partial charge in [0.25, 0.3) is 0 Å². The summed E-state index contributed by atoms with van der Waals surface area (Å²) in [5.74, 6) is 0.752. The van der Waals surface area contributed by atoms with E-state index in [4.69, 9.17) is 10.5 Å². The number of benzene rings is 1. The number of nitrogens with two attached hydrogens (primary N) is 1. The molecule has 3 N–H and O–H groups in total. The minimum absolute atomic E-state index is 0.494. The number of hydrogen-bond acceptors (Lipinski definition) is 3. The van der Waals surface area contributed by atoms with Gasteiger partial charge in [0.15, 0.2) is 0 Å². The maximum absolute atomic E-state index is 10.1. The lowest BCUT2D eigenvalue weighted by atomic mass is 10.3. The first kappa shape index (κ1) is 9.54. The summed E-state index contributed by atoms with van der Waals surface area (Å²) in [6, 6.07) is 7.09. The zero-order chi connectivity index (χ0) is 9.52. The molecule has 4 nitrogen and oxygen atoms in total. The minimum Gasteiger partial charge on any atom is -0.492 e. The van der Waals surface area contributed by atoms with Crippen molar-refractivity contribution in [2.24, 2.45) is 5.73 Å². The zero-order valence-electron chi connectivity index (χ0n) is 7.19. The number of hydrogen-bond donors (Lipinski definition) is 2. The number of rotatable bonds is 5. The molecule has 1 aromatic carbocycles. The molecular formula is C9H12N2O2. The molecule has 0 bridgehead atoms. The average molecular weight is 180 g/mol. The fraction of sp³-hybridized carbons (Fsp3) is 0.222. The molecule has 1 aromatic rings. The SMILES string of the molecule is NCCOc1ccc(NC=O)cc1. The van der Waals surface area contributed by atoms with Crippen molar-refractivity contribution in [1.82, 2.24) is 0 Å². The van der Waals surface area contributed by atoms with Gasteiger partial charge < -0.3 is 15.8 Å². The van der Waals surface area contributed by atoms with Gasteiger partial charge in [-0.1, -0.05) is 0 Å². The van der Waals surface area contributed by atoms with Crippen LogP contribution in [-0.2, 0) is 4.79 Å². The minimum atomic E-state index is 0.494. The van der Waals surface area contributed by atoms with Crippen molar-refractivity contribution in [2.45, 2.75) is 0 Å². The van der Waals surface area contributed by atoms with Crippen LogP contribution < -0.4 is 15.8 Å². The average Bonchev–Trinajstić information content (AvgIpc) is 2.17. The monoisotopic (exact) mass is 180 g/mol. The molecule has 0 heterocycles. The maximum Gasteiger partial charge on any atom is 0.211 e. The molecule has 0 unspecified atom stereocenters. The number of amides is 1. The third-order valence-corrected chi connectivity index (χ3v) is 1.47. The van der Waals surface area contributed by atoms with Crippen molar-refractivity contribution in [3.8, 4) is 5.75 Å². The lowest BCUT2D eigenvalue weighted by molar-refractivity contribution is -0.105. The van der Waals surface area contributed by atoms with E-state index in [-0.39, 0.29) is 0 Å². The first-order valence-corrected chi connectivity index (χ1v) is 4.00. The van der Waals surface area contributed by atoms with Crippen LogP contribution in [0.3, 0.4) is 0 Å². The molecule has 1 amide bonds. The highest BCUT2D eigenvalue weighted by Gasteiger charge is 1.92. The molecule has 0 aromatic heterocycles. The van der Waals surface area contributed by atoms with Crippen LogP contribution in [-0.4, -0.2) is 19.6 Å². The highest BCUT2D eigenvalue weighted by atomic mass is 16.5. The summed E-state index contributed by atoms with van der Waals surface area (Å²) in [7, 11) is 0. The van der Waals surface area contributed by atoms with Crippen LogP contribution in [0, 0.1) is 0 Å². The van der Waals surface area contributed by atoms with Crippen LogP contribution in [0.5, 0.6) is 5.75 Å². The quantitative estimate of drug-likeness (QED) is 0.652. The summed E-state index contributed by atoms with van der Waals surface area (Å²) in [6.45, 7) is 0.995. The van der Waals surface area contributed by atoms with Crippen molar-refractivity contribution in [3.63, 3.8) is 0 Å². The first-order chi connectivity index (χ1) is 6.36. The van der Waals surface area contributed by atoms with Gasteiger partial charge in [0.05, 0.1) is 0 Å². The van der Waals surface area contributed by atoms with Crippen molar-refractivity contribution in [1.29, 1.82) is 0 Å². The van der Waals surface area contributed by atoms with Gasteiger partial charge in [0, 0.05) is 12.2 Å². The van der Waals surface area contributed by atoms with Crippen molar-refractivity contribution in [2.75, 3.05) is 18.5 Å². The molecule has 4 heteroatoms. The first-order valence-electron chi connectivity index (χ1n) is 4.00. The van der Waals surface area contributed by atoms with E-state index in [0.717, 1.165) is 11.4 Å². The third kappa shape index (κ3) is 3.13. The molecule has 0 saturated heterocycles. The van der Waals surface area contributed by atoms with E-state index in [2.05, 4.69) is 5.32 Å². The maximum atomic E-state index is 10.1. The lowest BCUT2D eigenvalue weighted by Gasteiger charge is -2.04. The lowest BCUT2D eigenvalue weighted by Crippen LogP contribution is -2.10. The van der Waals surface area contributed by atoms with Gasteiger partial charge in [-0.05, 0) is 24.3 Å². The Morgan fingerprint density at radius 1 is 1.38 bits per heavy atom. The Balaban J connectivity index is 2.53. The summed E-state index contributed by atoms with van der Waals surface area (Å²) in [4.78, 5) is 10.1. The smallest absolute Gasteiger partial charge is 0.211 e. The molecule has 13 heavy (non-hydrogen) atoms. The second-order valence-electron chi connectivity index (χ2n) is 2.42. The molecule has 0 aliphatic rings. The molecule has 0 aliphatic carbocycles. The van der Waals surface area contributed by atoms with Crippen molar-refractivity contribution < 1.29 is 9.53 Å². The molecule has 0 fully saturated rings. The Morgan fingerprint density at radius 2 is 2.08 bits per heavy atom. The number of carbonyl (C=O) groups excluding carboxylic acids is 1. The molecular weight excluding hydrogens is 168 g/mol. The summed E-state index contributed by atoms with van der Waals surface area (Å²) < 4.78 is 5.25. The van der Waals surface area contributed by atoms with Gasteiger partial charge in [-0.25, -0.2) is 0 Å². The highest BCUT2D eigenvalue weighted by Crippen LogP contribution is 2.14. The molecule has 0 radical (unpaired) electrons. The fourth-order valence-corrected chi connectivity index (χ4v) is 0.892. The molecule has 1 rings (SSSR count). The third-order valence-electron chi connectivity index (χ3n) is 1.47. The summed E-state index contributed by atoms with van der Waals surface area (Å²) >= 11 is 0. The molecule has 0 saturated carbocycles. The fourth-order valence-electron chi connectivity index (χ4n) is 0.892. The van der Waals surface area contributed by atoms with E-state index in [1.807, 2.05) is 0 Å². The predicted octanol–water partition coefficient (Wildman–Crippen LogP) is 0.592. The molecule has 0 aliphatic heterocycles. The summed E-state index contributed by atoms with van der Waals surface area (Å²) in [5, 5.41) is 2.53. The van der Waals surface area contributed by atoms with Gasteiger partial charge in [-0.3, -0.25) is 4.79 Å². The van der Waals surface area contributed by atoms with Crippen LogP contribution >= 0.6 is 0 Å². The second kappa shape index (κ2) is 5.16. The topological polar surface area (TPSA) is 64.3 Å². The van der Waals surface area contributed by atoms with E-state index in [9.17, 15) is 4.79 Å². The molecule has 0 spiro atoms. The van der Waals surface area contributed by atoms with Gasteiger partial charge >= 0.3 is 0 Å². The summed E-state index contributed by atoms with van der Waals surface area (Å²) in [5.41, 5.74) is 6.02. The highest BCUT2D eigenvalue weighted by molar-refractivity contribution is 5.71. The molecule has 0 atom stereocenters. The molecule has 70 valence electrons. The van der Waals surface area contributed by atoms with Gasteiger partial charge in [0.1, 0.15) is 12.4 Å². The van der Waals surface area contributed by atoms with Crippen LogP contribution in [0.2, 0.25) is 0 Å². The normalized spacial score (nSPS) is 9.31. The standard InChI is InChI=1S/C9H12N2O2/c10-5-6-13-9-3-1-8(2-4-9)11-7-12/h1-4,7H,5-6,10H2,(H,11,12). The zero-order valence-corrected chi connectivity index (χ0v) is 7.19. The Hall–Kier alpha value is -1.55. The van der Waals surface area contributed by atoms with Crippen molar-refractivity contribution in [3.05, 3.63) is 24.3 Å². The number of ether oxygens (including phenoxy) is 1. The van der Waals surface area contributed by atoms with E-state index in [0.29, 0.717) is 19.6 Å². The van der Waals surface area contributed by atoms with Gasteiger partial charge in [-0.2, -0.15) is 0 Å². The van der Waals surface area contributed by atoms with Crippen LogP contribution in [0.15, 0.2) is 24.3 Å². The Kier molecular flexibility index (Phi) is 3.78. The Bertz CT molecular complexity index is 259. The van der Waals surface area contributed by atoms with Crippen molar-refractivity contribution >= 4 is 12.1 Å². The number of carbonyl (C=O) groups is 1. The Morgan fingerprint density at radius 3 is 2.62 bits per heavy atom. The predicted molar refractivity (Wildman–Crippen MR) is 50.7 cm³/mol. The van der Waals surface area contributed by atoms with E-state index >= 15 is 0 Å². The van der Waals surface area contributed by atoms with E-state index in [1.54, 1.807) is 24.3 Å². The van der Waals surface area contributed by atoms with E-state index in [1.165, 1.54) is 0 Å². The van der Waals surface area contributed by atoms with Crippen LogP contribution in [0.1, 0.15) is 0 Å². The summed E-state index contributed by atoms with van der Waals surface area (Å²) in [6.07, 6.45) is 0.635. The van der Waals surface area contributed by atoms with E-state index < -0.39 is 0 Å².